The standard InChI is InChI=1S/C18H29N3O/c1-13(2)10-15-4-6-16(7-5-15)14(3)20-18(22)12-21-9-8-17(19)11-21/h4-7,13-14,17H,8-12,19H2,1-3H3,(H,20,22)/t14?,17-/m0/s1. The summed E-state index contributed by atoms with van der Waals surface area (Å²) in [5.74, 6) is 0.739. The zero-order valence-corrected chi connectivity index (χ0v) is 14.0. The lowest BCUT2D eigenvalue weighted by atomic mass is 10.00. The zero-order chi connectivity index (χ0) is 16.1. The third-order valence-electron chi connectivity index (χ3n) is 4.18. The van der Waals surface area contributed by atoms with Crippen LogP contribution in [0, 0.1) is 5.92 Å². The Bertz CT molecular complexity index is 484. The van der Waals surface area contributed by atoms with E-state index in [2.05, 4.69) is 48.3 Å². The molecule has 0 spiro atoms. The average Bonchev–Trinajstić information content (AvgIpc) is 2.83. The summed E-state index contributed by atoms with van der Waals surface area (Å²) in [5, 5.41) is 3.08. The number of benzene rings is 1. The maximum absolute atomic E-state index is 12.1. The van der Waals surface area contributed by atoms with Crippen molar-refractivity contribution in [3.8, 4) is 0 Å². The monoisotopic (exact) mass is 303 g/mol. The molecule has 0 bridgehead atoms. The molecule has 3 N–H and O–H groups in total. The molecule has 2 rings (SSSR count). The minimum atomic E-state index is 0.0388. The van der Waals surface area contributed by atoms with Gasteiger partial charge in [0.25, 0.3) is 0 Å². The van der Waals surface area contributed by atoms with Crippen LogP contribution in [0.5, 0.6) is 0 Å². The minimum Gasteiger partial charge on any atom is -0.348 e. The second kappa shape index (κ2) is 7.75. The maximum atomic E-state index is 12.1. The molecule has 1 amide bonds. The first kappa shape index (κ1) is 17.0. The van der Waals surface area contributed by atoms with E-state index >= 15 is 0 Å². The Morgan fingerprint density at radius 1 is 1.32 bits per heavy atom. The van der Waals surface area contributed by atoms with Crippen LogP contribution in [0.1, 0.15) is 44.4 Å². The van der Waals surface area contributed by atoms with Gasteiger partial charge in [0, 0.05) is 19.1 Å². The van der Waals surface area contributed by atoms with E-state index in [0.717, 1.165) is 31.5 Å². The first-order valence-electron chi connectivity index (χ1n) is 8.30. The van der Waals surface area contributed by atoms with Gasteiger partial charge in [-0.15, -0.1) is 0 Å². The molecule has 2 atom stereocenters. The highest BCUT2D eigenvalue weighted by molar-refractivity contribution is 5.78. The van der Waals surface area contributed by atoms with Crippen LogP contribution in [0.25, 0.3) is 0 Å². The summed E-state index contributed by atoms with van der Waals surface area (Å²) in [6, 6.07) is 8.83. The van der Waals surface area contributed by atoms with Crippen LogP contribution in [0.4, 0.5) is 0 Å². The molecule has 0 radical (unpaired) electrons. The number of nitrogens with zero attached hydrogens (tertiary/aromatic N) is 1. The van der Waals surface area contributed by atoms with Gasteiger partial charge in [0.2, 0.25) is 5.91 Å². The highest BCUT2D eigenvalue weighted by atomic mass is 16.2. The molecule has 1 fully saturated rings. The largest absolute Gasteiger partial charge is 0.348 e. The van der Waals surface area contributed by atoms with Gasteiger partial charge in [-0.1, -0.05) is 38.1 Å². The van der Waals surface area contributed by atoms with E-state index in [1.54, 1.807) is 0 Å². The van der Waals surface area contributed by atoms with Crippen LogP contribution in [-0.4, -0.2) is 36.5 Å². The van der Waals surface area contributed by atoms with Crippen LogP contribution >= 0.6 is 0 Å². The van der Waals surface area contributed by atoms with Gasteiger partial charge in [0.05, 0.1) is 12.6 Å². The lowest BCUT2D eigenvalue weighted by Crippen LogP contribution is -2.38. The van der Waals surface area contributed by atoms with Crippen molar-refractivity contribution in [2.45, 2.75) is 45.7 Å². The molecule has 4 nitrogen and oxygen atoms in total. The van der Waals surface area contributed by atoms with Crippen molar-refractivity contribution in [3.63, 3.8) is 0 Å². The normalized spacial score (nSPS) is 20.3. The number of amides is 1. The van der Waals surface area contributed by atoms with Crippen molar-refractivity contribution >= 4 is 5.91 Å². The van der Waals surface area contributed by atoms with Crippen LogP contribution in [0.3, 0.4) is 0 Å². The SMILES string of the molecule is CC(C)Cc1ccc(C(C)NC(=O)CN2CC[C@H](N)C2)cc1. The molecule has 1 heterocycles. The Kier molecular flexibility index (Phi) is 5.98. The summed E-state index contributed by atoms with van der Waals surface area (Å²) in [6.07, 6.45) is 2.08. The van der Waals surface area contributed by atoms with Gasteiger partial charge in [0.15, 0.2) is 0 Å². The maximum Gasteiger partial charge on any atom is 0.234 e. The smallest absolute Gasteiger partial charge is 0.234 e. The second-order valence-corrected chi connectivity index (χ2v) is 6.91. The number of nitrogens with two attached hydrogens (primary N) is 1. The van der Waals surface area contributed by atoms with Crippen molar-refractivity contribution in [1.29, 1.82) is 0 Å². The molecule has 0 saturated carbocycles. The van der Waals surface area contributed by atoms with E-state index in [-0.39, 0.29) is 18.0 Å². The van der Waals surface area contributed by atoms with Gasteiger partial charge in [-0.25, -0.2) is 0 Å². The summed E-state index contributed by atoms with van der Waals surface area (Å²) in [4.78, 5) is 14.2. The Labute approximate surface area is 134 Å². The van der Waals surface area contributed by atoms with Crippen LogP contribution in [0.15, 0.2) is 24.3 Å². The number of carbonyl (C=O) groups excluding carboxylic acids is 1. The van der Waals surface area contributed by atoms with Gasteiger partial charge in [-0.2, -0.15) is 0 Å². The molecule has 122 valence electrons. The van der Waals surface area contributed by atoms with Gasteiger partial charge in [-0.3, -0.25) is 9.69 Å². The zero-order valence-electron chi connectivity index (χ0n) is 14.0. The van der Waals surface area contributed by atoms with Crippen LogP contribution in [-0.2, 0) is 11.2 Å². The summed E-state index contributed by atoms with van der Waals surface area (Å²) in [7, 11) is 0. The third-order valence-corrected chi connectivity index (χ3v) is 4.18. The molecule has 1 aromatic carbocycles. The van der Waals surface area contributed by atoms with E-state index in [1.165, 1.54) is 5.56 Å². The van der Waals surface area contributed by atoms with Crippen LogP contribution < -0.4 is 11.1 Å². The molecule has 22 heavy (non-hydrogen) atoms. The highest BCUT2D eigenvalue weighted by Gasteiger charge is 2.21. The molecule has 1 unspecified atom stereocenters. The predicted molar refractivity (Wildman–Crippen MR) is 90.6 cm³/mol. The first-order chi connectivity index (χ1) is 10.4. The number of hydrogen-bond donors (Lipinski definition) is 2. The fraction of sp³-hybridized carbons (Fsp3) is 0.611. The summed E-state index contributed by atoms with van der Waals surface area (Å²) >= 11 is 0. The van der Waals surface area contributed by atoms with Crippen molar-refractivity contribution in [2.75, 3.05) is 19.6 Å². The van der Waals surface area contributed by atoms with Gasteiger partial charge in [0.1, 0.15) is 0 Å². The Morgan fingerprint density at radius 2 is 2.00 bits per heavy atom. The van der Waals surface area contributed by atoms with Crippen molar-refractivity contribution in [3.05, 3.63) is 35.4 Å². The van der Waals surface area contributed by atoms with Crippen LogP contribution in [0.2, 0.25) is 0 Å². The fourth-order valence-electron chi connectivity index (χ4n) is 2.99. The number of hydrogen-bond acceptors (Lipinski definition) is 3. The van der Waals surface area contributed by atoms with E-state index in [9.17, 15) is 4.79 Å². The van der Waals surface area contributed by atoms with Gasteiger partial charge < -0.3 is 11.1 Å². The van der Waals surface area contributed by atoms with E-state index < -0.39 is 0 Å². The predicted octanol–water partition coefficient (Wildman–Crippen LogP) is 2.10. The lowest BCUT2D eigenvalue weighted by Gasteiger charge is -2.19. The fourth-order valence-corrected chi connectivity index (χ4v) is 2.99. The number of carbonyl (C=O) groups is 1. The minimum absolute atomic E-state index is 0.0388. The Hall–Kier alpha value is -1.39. The molecular formula is C18H29N3O. The first-order valence-corrected chi connectivity index (χ1v) is 8.30. The number of likely N-dealkylation sites (tertiary alicyclic amines) is 1. The third kappa shape index (κ3) is 5.11. The van der Waals surface area contributed by atoms with Crippen molar-refractivity contribution < 1.29 is 4.79 Å². The molecule has 1 aromatic rings. The van der Waals surface area contributed by atoms with E-state index in [1.807, 2.05) is 6.92 Å². The Morgan fingerprint density at radius 3 is 2.55 bits per heavy atom. The number of rotatable bonds is 6. The molecule has 0 aromatic heterocycles. The molecular weight excluding hydrogens is 274 g/mol. The van der Waals surface area contributed by atoms with Gasteiger partial charge >= 0.3 is 0 Å². The number of nitrogens with one attached hydrogen (secondary N) is 1. The average molecular weight is 303 g/mol. The molecule has 0 aliphatic carbocycles. The highest BCUT2D eigenvalue weighted by Crippen LogP contribution is 2.15. The lowest BCUT2D eigenvalue weighted by molar-refractivity contribution is -0.122. The molecule has 1 aliphatic rings. The second-order valence-electron chi connectivity index (χ2n) is 6.91. The van der Waals surface area contributed by atoms with Crippen molar-refractivity contribution in [1.82, 2.24) is 10.2 Å². The Balaban J connectivity index is 1.83. The van der Waals surface area contributed by atoms with Crippen molar-refractivity contribution in [2.24, 2.45) is 11.7 Å². The molecule has 1 aliphatic heterocycles. The summed E-state index contributed by atoms with van der Waals surface area (Å²) < 4.78 is 0. The quantitative estimate of drug-likeness (QED) is 0.846. The molecule has 4 heteroatoms. The topological polar surface area (TPSA) is 58.4 Å². The van der Waals surface area contributed by atoms with Gasteiger partial charge in [-0.05, 0) is 36.8 Å². The summed E-state index contributed by atoms with van der Waals surface area (Å²) in [6.45, 7) is 8.68. The van der Waals surface area contributed by atoms with E-state index in [0.29, 0.717) is 12.5 Å². The molecule has 1 saturated heterocycles. The van der Waals surface area contributed by atoms with E-state index in [4.69, 9.17) is 5.73 Å². The summed E-state index contributed by atoms with van der Waals surface area (Å²) in [5.41, 5.74) is 8.37.